The van der Waals surface area contributed by atoms with Crippen LogP contribution in [0.4, 0.5) is 11.5 Å². The van der Waals surface area contributed by atoms with Crippen molar-refractivity contribution in [1.82, 2.24) is 4.73 Å². The summed E-state index contributed by atoms with van der Waals surface area (Å²) in [5.74, 6) is 1.13. The molecule has 4 nitrogen and oxygen atoms in total. The summed E-state index contributed by atoms with van der Waals surface area (Å²) in [7, 11) is 0. The largest absolute Gasteiger partial charge is 0.396 e. The third-order valence-electron chi connectivity index (χ3n) is 1.87. The van der Waals surface area contributed by atoms with E-state index in [2.05, 4.69) is 0 Å². The van der Waals surface area contributed by atoms with Gasteiger partial charge in [-0.25, -0.2) is 0 Å². The van der Waals surface area contributed by atoms with E-state index in [1.807, 2.05) is 30.3 Å². The zero-order valence-corrected chi connectivity index (χ0v) is 7.55. The number of nitrogens with zero attached hydrogens (tertiary/aromatic N) is 1. The summed E-state index contributed by atoms with van der Waals surface area (Å²) in [6, 6.07) is 11.1. The van der Waals surface area contributed by atoms with Crippen molar-refractivity contribution in [3.8, 4) is 5.75 Å². The van der Waals surface area contributed by atoms with Gasteiger partial charge in [0.05, 0.1) is 5.69 Å². The lowest BCUT2D eigenvalue weighted by Crippen LogP contribution is -2.08. The molecule has 2 rings (SSSR count). The molecule has 0 radical (unpaired) electrons. The maximum Gasteiger partial charge on any atom is 0.163 e. The van der Waals surface area contributed by atoms with Crippen LogP contribution in [0.3, 0.4) is 0 Å². The molecule has 72 valence electrons. The van der Waals surface area contributed by atoms with Gasteiger partial charge in [0.25, 0.3) is 0 Å². The van der Waals surface area contributed by atoms with Gasteiger partial charge in [-0.1, -0.05) is 18.2 Å². The van der Waals surface area contributed by atoms with Gasteiger partial charge >= 0.3 is 0 Å². The summed E-state index contributed by atoms with van der Waals surface area (Å²) < 4.78 is 1.44. The summed E-state index contributed by atoms with van der Waals surface area (Å²) in [4.78, 5) is 5.44. The fraction of sp³-hybridized carbons (Fsp3) is 0. The van der Waals surface area contributed by atoms with Gasteiger partial charge in [0.2, 0.25) is 0 Å². The van der Waals surface area contributed by atoms with Crippen LogP contribution in [0.25, 0.3) is 0 Å². The number of nitrogen functional groups attached to an aromatic ring is 2. The zero-order chi connectivity index (χ0) is 9.97. The first-order chi connectivity index (χ1) is 6.77. The van der Waals surface area contributed by atoms with Crippen molar-refractivity contribution in [3.05, 3.63) is 42.6 Å². The summed E-state index contributed by atoms with van der Waals surface area (Å²) >= 11 is 0. The highest BCUT2D eigenvalue weighted by Crippen LogP contribution is 2.17. The molecule has 0 bridgehead atoms. The minimum absolute atomic E-state index is 0.411. The number of aromatic nitrogens is 1. The Morgan fingerprint density at radius 2 is 1.71 bits per heavy atom. The van der Waals surface area contributed by atoms with Gasteiger partial charge in [-0.2, -0.15) is 4.73 Å². The standard InChI is InChI=1S/C10H11N3O/c11-9-6-7-13(10(9)12)14-8-4-2-1-3-5-8/h1-7H,11-12H2. The van der Waals surface area contributed by atoms with Gasteiger partial charge in [-0.15, -0.1) is 0 Å². The van der Waals surface area contributed by atoms with Crippen molar-refractivity contribution in [2.45, 2.75) is 0 Å². The molecule has 14 heavy (non-hydrogen) atoms. The Bertz CT molecular complexity index is 422. The number of para-hydroxylation sites is 1. The Morgan fingerprint density at radius 1 is 1.00 bits per heavy atom. The molecule has 0 saturated carbocycles. The first kappa shape index (κ1) is 8.50. The van der Waals surface area contributed by atoms with Crippen molar-refractivity contribution < 1.29 is 4.84 Å². The molecule has 0 unspecified atom stereocenters. The SMILES string of the molecule is Nc1ccn(Oc2ccccc2)c1N. The first-order valence-electron chi connectivity index (χ1n) is 4.23. The van der Waals surface area contributed by atoms with E-state index in [4.69, 9.17) is 16.3 Å². The number of benzene rings is 1. The lowest BCUT2D eigenvalue weighted by Gasteiger charge is -2.07. The van der Waals surface area contributed by atoms with Gasteiger partial charge in [0, 0.05) is 6.20 Å². The van der Waals surface area contributed by atoms with Crippen LogP contribution in [0.5, 0.6) is 5.75 Å². The number of hydrogen-bond donors (Lipinski definition) is 2. The number of hydrogen-bond acceptors (Lipinski definition) is 3. The van der Waals surface area contributed by atoms with E-state index in [-0.39, 0.29) is 0 Å². The normalized spacial score (nSPS) is 10.0. The number of nitrogens with two attached hydrogens (primary N) is 2. The van der Waals surface area contributed by atoms with Crippen LogP contribution in [0.1, 0.15) is 0 Å². The van der Waals surface area contributed by atoms with E-state index >= 15 is 0 Å². The second-order valence-corrected chi connectivity index (χ2v) is 2.89. The summed E-state index contributed by atoms with van der Waals surface area (Å²) in [5, 5.41) is 0. The van der Waals surface area contributed by atoms with E-state index in [1.54, 1.807) is 12.3 Å². The molecule has 0 aliphatic rings. The summed E-state index contributed by atoms with van der Waals surface area (Å²) in [5.41, 5.74) is 11.7. The molecule has 1 aromatic heterocycles. The molecular weight excluding hydrogens is 178 g/mol. The van der Waals surface area contributed by atoms with Crippen LogP contribution < -0.4 is 16.3 Å². The molecular formula is C10H11N3O. The van der Waals surface area contributed by atoms with Gasteiger partial charge in [0.1, 0.15) is 0 Å². The molecule has 4 N–H and O–H groups in total. The van der Waals surface area contributed by atoms with Gasteiger partial charge < -0.3 is 16.3 Å². The van der Waals surface area contributed by atoms with Crippen molar-refractivity contribution in [3.63, 3.8) is 0 Å². The molecule has 0 atom stereocenters. The van der Waals surface area contributed by atoms with Gasteiger partial charge in [-0.3, -0.25) is 0 Å². The zero-order valence-electron chi connectivity index (χ0n) is 7.55. The molecule has 0 spiro atoms. The predicted octanol–water partition coefficient (Wildman–Crippen LogP) is 1.49. The molecule has 0 saturated heterocycles. The van der Waals surface area contributed by atoms with Crippen LogP contribution in [0.15, 0.2) is 42.6 Å². The van der Waals surface area contributed by atoms with Crippen molar-refractivity contribution >= 4 is 11.5 Å². The van der Waals surface area contributed by atoms with Crippen LogP contribution in [0.2, 0.25) is 0 Å². The number of anilines is 2. The number of rotatable bonds is 2. The molecule has 1 aromatic carbocycles. The Morgan fingerprint density at radius 3 is 2.29 bits per heavy atom. The second kappa shape index (κ2) is 3.33. The maximum absolute atomic E-state index is 5.66. The quantitative estimate of drug-likeness (QED) is 0.752. The average molecular weight is 189 g/mol. The highest BCUT2D eigenvalue weighted by molar-refractivity contribution is 5.59. The third kappa shape index (κ3) is 1.50. The van der Waals surface area contributed by atoms with E-state index in [0.717, 1.165) is 5.75 Å². The van der Waals surface area contributed by atoms with E-state index in [9.17, 15) is 0 Å². The minimum Gasteiger partial charge on any atom is -0.396 e. The Labute approximate surface area is 81.7 Å². The predicted molar refractivity (Wildman–Crippen MR) is 55.7 cm³/mol. The lowest BCUT2D eigenvalue weighted by atomic mass is 10.3. The molecule has 2 aromatic rings. The molecule has 1 heterocycles. The molecule has 4 heteroatoms. The molecule has 0 aliphatic heterocycles. The van der Waals surface area contributed by atoms with E-state index in [0.29, 0.717) is 11.5 Å². The van der Waals surface area contributed by atoms with Gasteiger partial charge in [0.15, 0.2) is 11.6 Å². The molecule has 0 fully saturated rings. The summed E-state index contributed by atoms with van der Waals surface area (Å²) in [6.07, 6.45) is 1.68. The maximum atomic E-state index is 5.66. The van der Waals surface area contributed by atoms with Crippen LogP contribution >= 0.6 is 0 Å². The highest BCUT2D eigenvalue weighted by Gasteiger charge is 2.02. The first-order valence-corrected chi connectivity index (χ1v) is 4.23. The highest BCUT2D eigenvalue weighted by atomic mass is 16.7. The van der Waals surface area contributed by atoms with E-state index in [1.165, 1.54) is 4.73 Å². The minimum atomic E-state index is 0.411. The Balaban J connectivity index is 2.23. The van der Waals surface area contributed by atoms with Gasteiger partial charge in [-0.05, 0) is 18.2 Å². The Kier molecular flexibility index (Phi) is 2.02. The smallest absolute Gasteiger partial charge is 0.163 e. The fourth-order valence-corrected chi connectivity index (χ4v) is 1.12. The molecule has 0 amide bonds. The summed E-state index contributed by atoms with van der Waals surface area (Å²) in [6.45, 7) is 0. The Hall–Kier alpha value is -2.10. The van der Waals surface area contributed by atoms with Crippen LogP contribution in [-0.2, 0) is 0 Å². The topological polar surface area (TPSA) is 66.2 Å². The molecule has 0 aliphatic carbocycles. The van der Waals surface area contributed by atoms with Crippen LogP contribution in [0, 0.1) is 0 Å². The van der Waals surface area contributed by atoms with Crippen LogP contribution in [-0.4, -0.2) is 4.73 Å². The third-order valence-corrected chi connectivity index (χ3v) is 1.87. The van der Waals surface area contributed by atoms with Crippen molar-refractivity contribution in [2.24, 2.45) is 0 Å². The van der Waals surface area contributed by atoms with E-state index < -0.39 is 0 Å². The monoisotopic (exact) mass is 189 g/mol. The van der Waals surface area contributed by atoms with Crippen molar-refractivity contribution in [1.29, 1.82) is 0 Å². The van der Waals surface area contributed by atoms with Crippen molar-refractivity contribution in [2.75, 3.05) is 11.5 Å². The average Bonchev–Trinajstić information content (AvgIpc) is 2.52. The second-order valence-electron chi connectivity index (χ2n) is 2.89. The fourth-order valence-electron chi connectivity index (χ4n) is 1.12. The lowest BCUT2D eigenvalue weighted by molar-refractivity contribution is 0.223.